The molecular formula is C16H24Cl2N4O2. The van der Waals surface area contributed by atoms with E-state index in [0.29, 0.717) is 35.9 Å². The molecule has 1 heterocycles. The molecule has 1 aliphatic rings. The molecule has 0 aliphatic carbocycles. The maximum absolute atomic E-state index is 12.6. The number of benzene rings is 1. The van der Waals surface area contributed by atoms with Gasteiger partial charge in [0.05, 0.1) is 16.2 Å². The number of urea groups is 1. The number of nitrogens with two attached hydrogens (primary N) is 1. The van der Waals surface area contributed by atoms with Crippen molar-refractivity contribution in [3.05, 3.63) is 28.8 Å². The van der Waals surface area contributed by atoms with Gasteiger partial charge < -0.3 is 16.4 Å². The molecule has 134 valence electrons. The number of carbonyl (C=O) groups is 2. The van der Waals surface area contributed by atoms with Crippen molar-refractivity contribution in [2.45, 2.75) is 32.2 Å². The molecule has 4 N–H and O–H groups in total. The fourth-order valence-electron chi connectivity index (χ4n) is 2.64. The minimum atomic E-state index is -0.415. The Morgan fingerprint density at radius 1 is 1.42 bits per heavy atom. The summed E-state index contributed by atoms with van der Waals surface area (Å²) < 4.78 is 0. The van der Waals surface area contributed by atoms with Crippen LogP contribution in [0.5, 0.6) is 0 Å². The van der Waals surface area contributed by atoms with Gasteiger partial charge in [-0.1, -0.05) is 25.4 Å². The van der Waals surface area contributed by atoms with Crippen LogP contribution >= 0.6 is 24.0 Å². The van der Waals surface area contributed by atoms with E-state index in [1.54, 1.807) is 18.2 Å². The molecule has 3 amide bonds. The average molecular weight is 375 g/mol. The van der Waals surface area contributed by atoms with E-state index >= 15 is 0 Å². The van der Waals surface area contributed by atoms with Crippen LogP contribution in [0.3, 0.4) is 0 Å². The second-order valence-electron chi connectivity index (χ2n) is 5.70. The molecule has 0 atom stereocenters. The number of carbonyl (C=O) groups excluding carboxylic acids is 2. The number of rotatable bonds is 6. The molecule has 1 aliphatic heterocycles. The first-order valence-corrected chi connectivity index (χ1v) is 8.21. The van der Waals surface area contributed by atoms with Crippen LogP contribution in [0.2, 0.25) is 5.02 Å². The molecular weight excluding hydrogens is 351 g/mol. The van der Waals surface area contributed by atoms with Crippen molar-refractivity contribution in [1.29, 1.82) is 0 Å². The first-order chi connectivity index (χ1) is 11.0. The third-order valence-electron chi connectivity index (χ3n) is 4.48. The van der Waals surface area contributed by atoms with E-state index in [-0.39, 0.29) is 24.3 Å². The van der Waals surface area contributed by atoms with Crippen molar-refractivity contribution < 1.29 is 9.59 Å². The maximum atomic E-state index is 12.6. The van der Waals surface area contributed by atoms with Gasteiger partial charge in [0.1, 0.15) is 0 Å². The van der Waals surface area contributed by atoms with E-state index in [2.05, 4.69) is 10.6 Å². The minimum Gasteiger partial charge on any atom is -0.345 e. The molecule has 0 bridgehead atoms. The number of amides is 3. The van der Waals surface area contributed by atoms with E-state index in [1.165, 1.54) is 4.90 Å². The monoisotopic (exact) mass is 374 g/mol. The Morgan fingerprint density at radius 3 is 2.58 bits per heavy atom. The zero-order valence-corrected chi connectivity index (χ0v) is 15.5. The number of anilines is 1. The third-order valence-corrected chi connectivity index (χ3v) is 4.80. The van der Waals surface area contributed by atoms with Crippen LogP contribution < -0.4 is 21.3 Å². The summed E-state index contributed by atoms with van der Waals surface area (Å²) in [7, 11) is 0. The summed E-state index contributed by atoms with van der Waals surface area (Å²) in [4.78, 5) is 25.9. The van der Waals surface area contributed by atoms with Gasteiger partial charge in [0.25, 0.3) is 5.91 Å². The Bertz CT molecular complexity index is 597. The van der Waals surface area contributed by atoms with Gasteiger partial charge >= 0.3 is 6.03 Å². The van der Waals surface area contributed by atoms with E-state index in [0.717, 1.165) is 12.8 Å². The van der Waals surface area contributed by atoms with Gasteiger partial charge in [-0.05, 0) is 31.0 Å². The lowest BCUT2D eigenvalue weighted by atomic mass is 9.92. The molecule has 0 unspecified atom stereocenters. The smallest absolute Gasteiger partial charge is 0.322 e. The van der Waals surface area contributed by atoms with Gasteiger partial charge in [-0.25, -0.2) is 4.79 Å². The summed E-state index contributed by atoms with van der Waals surface area (Å²) in [6, 6.07) is 4.74. The highest BCUT2D eigenvalue weighted by Gasteiger charge is 2.28. The second kappa shape index (κ2) is 8.55. The molecule has 2 rings (SSSR count). The predicted octanol–water partition coefficient (Wildman–Crippen LogP) is 2.54. The minimum absolute atomic E-state index is 0. The van der Waals surface area contributed by atoms with Crippen LogP contribution in [0.15, 0.2) is 18.2 Å². The molecule has 1 fully saturated rings. The maximum Gasteiger partial charge on any atom is 0.322 e. The summed E-state index contributed by atoms with van der Waals surface area (Å²) in [6.07, 6.45) is 1.50. The molecule has 1 aromatic rings. The van der Waals surface area contributed by atoms with E-state index in [4.69, 9.17) is 17.3 Å². The SMILES string of the molecule is CCC(CC)(CN)NC(=O)c1ccc(Cl)c(N2CCNC2=O)c1.Cl. The van der Waals surface area contributed by atoms with Gasteiger partial charge in [-0.3, -0.25) is 9.69 Å². The summed E-state index contributed by atoms with van der Waals surface area (Å²) in [6.45, 7) is 5.46. The topological polar surface area (TPSA) is 87.5 Å². The van der Waals surface area contributed by atoms with Crippen LogP contribution in [0.4, 0.5) is 10.5 Å². The van der Waals surface area contributed by atoms with Crippen LogP contribution in [-0.4, -0.2) is 37.1 Å². The molecule has 1 saturated heterocycles. The number of hydrogen-bond acceptors (Lipinski definition) is 3. The summed E-state index contributed by atoms with van der Waals surface area (Å²) in [5, 5.41) is 6.18. The van der Waals surface area contributed by atoms with Crippen molar-refractivity contribution >= 4 is 41.6 Å². The second-order valence-corrected chi connectivity index (χ2v) is 6.10. The van der Waals surface area contributed by atoms with Crippen molar-refractivity contribution in [3.8, 4) is 0 Å². The zero-order chi connectivity index (χ0) is 17.0. The normalized spacial score (nSPS) is 14.2. The summed E-state index contributed by atoms with van der Waals surface area (Å²) >= 11 is 6.19. The molecule has 24 heavy (non-hydrogen) atoms. The molecule has 1 aromatic carbocycles. The third kappa shape index (κ3) is 4.12. The molecule has 6 nitrogen and oxygen atoms in total. The van der Waals surface area contributed by atoms with Crippen molar-refractivity contribution in [2.24, 2.45) is 5.73 Å². The number of nitrogens with one attached hydrogen (secondary N) is 2. The van der Waals surface area contributed by atoms with Gasteiger partial charge in [0.15, 0.2) is 0 Å². The van der Waals surface area contributed by atoms with Crippen molar-refractivity contribution in [2.75, 3.05) is 24.5 Å². The Hall–Kier alpha value is -1.50. The number of nitrogens with zero attached hydrogens (tertiary/aromatic N) is 1. The molecule has 0 spiro atoms. The van der Waals surface area contributed by atoms with Gasteiger partial charge in [-0.15, -0.1) is 12.4 Å². The summed E-state index contributed by atoms with van der Waals surface area (Å²) in [5.74, 6) is -0.211. The van der Waals surface area contributed by atoms with E-state index in [1.807, 2.05) is 13.8 Å². The predicted molar refractivity (Wildman–Crippen MR) is 99.3 cm³/mol. The quantitative estimate of drug-likeness (QED) is 0.714. The number of halogens is 2. The van der Waals surface area contributed by atoms with Crippen LogP contribution in [0.25, 0.3) is 0 Å². The lowest BCUT2D eigenvalue weighted by Crippen LogP contribution is -2.52. The van der Waals surface area contributed by atoms with Crippen molar-refractivity contribution in [3.63, 3.8) is 0 Å². The van der Waals surface area contributed by atoms with Crippen LogP contribution in [0.1, 0.15) is 37.0 Å². The number of hydrogen-bond donors (Lipinski definition) is 3. The highest BCUT2D eigenvalue weighted by Crippen LogP contribution is 2.28. The Labute approximate surface area is 153 Å². The molecule has 0 saturated carbocycles. The fraction of sp³-hybridized carbons (Fsp3) is 0.500. The fourth-order valence-corrected chi connectivity index (χ4v) is 2.86. The highest BCUT2D eigenvalue weighted by atomic mass is 35.5. The van der Waals surface area contributed by atoms with Gasteiger partial charge in [-0.2, -0.15) is 0 Å². The molecule has 0 aromatic heterocycles. The summed E-state index contributed by atoms with van der Waals surface area (Å²) in [5.41, 5.74) is 6.42. The Morgan fingerprint density at radius 2 is 2.08 bits per heavy atom. The standard InChI is InChI=1S/C16H23ClN4O2.ClH/c1-3-16(4-2,10-18)20-14(22)11-5-6-12(17)13(9-11)21-8-7-19-15(21)23;/h5-6,9H,3-4,7-8,10,18H2,1-2H3,(H,19,23)(H,20,22);1H. The zero-order valence-electron chi connectivity index (χ0n) is 13.9. The van der Waals surface area contributed by atoms with E-state index in [9.17, 15) is 9.59 Å². The average Bonchev–Trinajstić information content (AvgIpc) is 2.99. The molecule has 0 radical (unpaired) electrons. The van der Waals surface area contributed by atoms with Gasteiger partial charge in [0, 0.05) is 25.2 Å². The van der Waals surface area contributed by atoms with Crippen molar-refractivity contribution in [1.82, 2.24) is 10.6 Å². The van der Waals surface area contributed by atoms with Crippen LogP contribution in [-0.2, 0) is 0 Å². The van der Waals surface area contributed by atoms with Gasteiger partial charge in [0.2, 0.25) is 0 Å². The lowest BCUT2D eigenvalue weighted by molar-refractivity contribution is 0.0895. The van der Waals surface area contributed by atoms with E-state index < -0.39 is 5.54 Å². The highest BCUT2D eigenvalue weighted by molar-refractivity contribution is 6.34. The molecule has 8 heteroatoms. The first kappa shape index (κ1) is 20.5. The Balaban J connectivity index is 0.00000288. The first-order valence-electron chi connectivity index (χ1n) is 7.84. The Kier molecular flexibility index (Phi) is 7.32. The van der Waals surface area contributed by atoms with Crippen LogP contribution in [0, 0.1) is 0 Å². The largest absolute Gasteiger partial charge is 0.345 e. The lowest BCUT2D eigenvalue weighted by Gasteiger charge is -2.31.